The summed E-state index contributed by atoms with van der Waals surface area (Å²) in [5, 5.41) is 2.98. The number of benzene rings is 1. The third kappa shape index (κ3) is 3.35. The minimum atomic E-state index is -0.0712. The Labute approximate surface area is 140 Å². The van der Waals surface area contributed by atoms with Crippen molar-refractivity contribution in [2.75, 3.05) is 0 Å². The van der Waals surface area contributed by atoms with Crippen LogP contribution in [0.2, 0.25) is 0 Å². The van der Waals surface area contributed by atoms with E-state index in [2.05, 4.69) is 5.32 Å². The number of nitrogens with zero attached hydrogens (tertiary/aromatic N) is 1. The molecule has 2 amide bonds. The Morgan fingerprint density at radius 1 is 1.08 bits per heavy atom. The minimum absolute atomic E-state index is 0.0187. The molecule has 2 aliphatic rings. The molecule has 0 saturated heterocycles. The maximum Gasteiger partial charge on any atom is 0.290 e. The molecular formula is C19H20N2O3. The normalized spacial score (nSPS) is 16.7. The van der Waals surface area contributed by atoms with Crippen LogP contribution in [-0.2, 0) is 6.54 Å². The van der Waals surface area contributed by atoms with Crippen LogP contribution in [0.5, 0.6) is 0 Å². The fraction of sp³-hybridized carbons (Fsp3) is 0.368. The van der Waals surface area contributed by atoms with Crippen LogP contribution in [0, 0.1) is 0 Å². The van der Waals surface area contributed by atoms with Crippen molar-refractivity contribution >= 4 is 11.8 Å². The van der Waals surface area contributed by atoms with Crippen LogP contribution in [0.4, 0.5) is 0 Å². The van der Waals surface area contributed by atoms with Gasteiger partial charge < -0.3 is 14.6 Å². The Balaban J connectivity index is 1.44. The smallest absolute Gasteiger partial charge is 0.290 e. The molecule has 1 aromatic heterocycles. The molecule has 1 N–H and O–H groups in total. The first-order chi connectivity index (χ1) is 11.7. The van der Waals surface area contributed by atoms with E-state index in [4.69, 9.17) is 4.42 Å². The molecule has 2 fully saturated rings. The summed E-state index contributed by atoms with van der Waals surface area (Å²) in [5.41, 5.74) is 1.69. The van der Waals surface area contributed by atoms with Gasteiger partial charge in [-0.05, 0) is 55.5 Å². The van der Waals surface area contributed by atoms with Crippen LogP contribution >= 0.6 is 0 Å². The van der Waals surface area contributed by atoms with Crippen molar-refractivity contribution in [3.63, 3.8) is 0 Å². The molecular weight excluding hydrogens is 304 g/mol. The van der Waals surface area contributed by atoms with Gasteiger partial charge in [-0.15, -0.1) is 0 Å². The van der Waals surface area contributed by atoms with Crippen molar-refractivity contribution in [2.45, 2.75) is 44.3 Å². The number of carbonyl (C=O) groups is 2. The van der Waals surface area contributed by atoms with Gasteiger partial charge in [0.25, 0.3) is 11.8 Å². The number of carbonyl (C=O) groups excluding carboxylic acids is 2. The average Bonchev–Trinajstić information content (AvgIpc) is 3.53. The topological polar surface area (TPSA) is 62.6 Å². The lowest BCUT2D eigenvalue weighted by Crippen LogP contribution is -2.32. The van der Waals surface area contributed by atoms with Crippen molar-refractivity contribution in [1.29, 1.82) is 0 Å². The second kappa shape index (κ2) is 6.15. The summed E-state index contributed by atoms with van der Waals surface area (Å²) < 4.78 is 5.24. The molecule has 2 aromatic rings. The van der Waals surface area contributed by atoms with Gasteiger partial charge in [0.15, 0.2) is 5.76 Å². The van der Waals surface area contributed by atoms with Crippen molar-refractivity contribution < 1.29 is 14.0 Å². The highest BCUT2D eigenvalue weighted by atomic mass is 16.3. The Morgan fingerprint density at radius 3 is 2.42 bits per heavy atom. The van der Waals surface area contributed by atoms with E-state index in [-0.39, 0.29) is 11.8 Å². The zero-order valence-corrected chi connectivity index (χ0v) is 13.4. The summed E-state index contributed by atoms with van der Waals surface area (Å²) in [6.07, 6.45) is 5.75. The number of hydrogen-bond donors (Lipinski definition) is 1. The highest BCUT2D eigenvalue weighted by Crippen LogP contribution is 2.30. The third-order valence-electron chi connectivity index (χ3n) is 4.46. The summed E-state index contributed by atoms with van der Waals surface area (Å²) in [7, 11) is 0. The highest BCUT2D eigenvalue weighted by molar-refractivity contribution is 5.94. The van der Waals surface area contributed by atoms with Gasteiger partial charge in [0.1, 0.15) is 0 Å². The molecule has 124 valence electrons. The van der Waals surface area contributed by atoms with Crippen molar-refractivity contribution in [3.8, 4) is 0 Å². The summed E-state index contributed by atoms with van der Waals surface area (Å²) in [4.78, 5) is 26.4. The lowest BCUT2D eigenvalue weighted by molar-refractivity contribution is 0.0697. The van der Waals surface area contributed by atoms with Gasteiger partial charge >= 0.3 is 0 Å². The Hall–Kier alpha value is -2.56. The quantitative estimate of drug-likeness (QED) is 0.888. The molecule has 2 aliphatic carbocycles. The molecule has 0 radical (unpaired) electrons. The molecule has 0 spiro atoms. The first-order valence-electron chi connectivity index (χ1n) is 8.45. The van der Waals surface area contributed by atoms with Crippen LogP contribution in [0.25, 0.3) is 0 Å². The lowest BCUT2D eigenvalue weighted by atomic mass is 10.1. The SMILES string of the molecule is O=C(NC1CC1)c1ccc(CN(C(=O)c2ccco2)C2CC2)cc1. The molecule has 5 heteroatoms. The van der Waals surface area contributed by atoms with E-state index in [1.165, 1.54) is 6.26 Å². The molecule has 0 unspecified atom stereocenters. The zero-order chi connectivity index (χ0) is 16.5. The molecule has 2 saturated carbocycles. The van der Waals surface area contributed by atoms with Crippen LogP contribution in [0.3, 0.4) is 0 Å². The Kier molecular flexibility index (Phi) is 3.84. The van der Waals surface area contributed by atoms with Crippen LogP contribution in [0.1, 0.15) is 52.2 Å². The van der Waals surface area contributed by atoms with Crippen molar-refractivity contribution in [2.24, 2.45) is 0 Å². The molecule has 4 rings (SSSR count). The second-order valence-corrected chi connectivity index (χ2v) is 6.59. The highest BCUT2D eigenvalue weighted by Gasteiger charge is 2.34. The zero-order valence-electron chi connectivity index (χ0n) is 13.4. The van der Waals surface area contributed by atoms with Crippen molar-refractivity contribution in [3.05, 3.63) is 59.5 Å². The van der Waals surface area contributed by atoms with Gasteiger partial charge in [-0.25, -0.2) is 0 Å². The summed E-state index contributed by atoms with van der Waals surface area (Å²) in [6, 6.07) is 11.6. The van der Waals surface area contributed by atoms with Crippen molar-refractivity contribution in [1.82, 2.24) is 10.2 Å². The van der Waals surface area contributed by atoms with Gasteiger partial charge in [0, 0.05) is 24.2 Å². The fourth-order valence-electron chi connectivity index (χ4n) is 2.75. The number of furan rings is 1. The number of rotatable bonds is 6. The van der Waals surface area contributed by atoms with E-state index in [0.717, 1.165) is 31.2 Å². The Morgan fingerprint density at radius 2 is 1.83 bits per heavy atom. The summed E-state index contributed by atoms with van der Waals surface area (Å²) in [5.74, 6) is 0.287. The largest absolute Gasteiger partial charge is 0.459 e. The monoisotopic (exact) mass is 324 g/mol. The molecule has 24 heavy (non-hydrogen) atoms. The predicted octanol–water partition coefficient (Wildman–Crippen LogP) is 2.98. The number of hydrogen-bond acceptors (Lipinski definition) is 3. The second-order valence-electron chi connectivity index (χ2n) is 6.59. The Bertz CT molecular complexity index is 728. The van der Waals surface area contributed by atoms with E-state index in [9.17, 15) is 9.59 Å². The first-order valence-corrected chi connectivity index (χ1v) is 8.45. The maximum absolute atomic E-state index is 12.6. The van der Waals surface area contributed by atoms with Crippen LogP contribution in [-0.4, -0.2) is 28.8 Å². The standard InChI is InChI=1S/C19H20N2O3/c22-18(20-15-7-8-15)14-5-3-13(4-6-14)12-21(16-9-10-16)19(23)17-2-1-11-24-17/h1-6,11,15-16H,7-10,12H2,(H,20,22). The van der Waals surface area contributed by atoms with E-state index >= 15 is 0 Å². The fourth-order valence-corrected chi connectivity index (χ4v) is 2.75. The van der Waals surface area contributed by atoms with Crippen LogP contribution < -0.4 is 5.32 Å². The van der Waals surface area contributed by atoms with Gasteiger partial charge in [-0.3, -0.25) is 9.59 Å². The summed E-state index contributed by atoms with van der Waals surface area (Å²) in [6.45, 7) is 0.536. The summed E-state index contributed by atoms with van der Waals surface area (Å²) >= 11 is 0. The molecule has 1 heterocycles. The molecule has 0 aliphatic heterocycles. The minimum Gasteiger partial charge on any atom is -0.459 e. The molecule has 1 aromatic carbocycles. The van der Waals surface area contributed by atoms with E-state index < -0.39 is 0 Å². The molecule has 0 atom stereocenters. The van der Waals surface area contributed by atoms with E-state index in [1.807, 2.05) is 29.2 Å². The van der Waals surface area contributed by atoms with Gasteiger partial charge in [-0.1, -0.05) is 12.1 Å². The van der Waals surface area contributed by atoms with Gasteiger partial charge in [0.05, 0.1) is 6.26 Å². The average molecular weight is 324 g/mol. The van der Waals surface area contributed by atoms with Gasteiger partial charge in [0.2, 0.25) is 0 Å². The van der Waals surface area contributed by atoms with Crippen LogP contribution in [0.15, 0.2) is 47.1 Å². The number of amides is 2. The predicted molar refractivity (Wildman–Crippen MR) is 88.5 cm³/mol. The maximum atomic E-state index is 12.6. The van der Waals surface area contributed by atoms with Gasteiger partial charge in [-0.2, -0.15) is 0 Å². The number of nitrogens with one attached hydrogen (secondary N) is 1. The first kappa shape index (κ1) is 15.0. The molecule has 0 bridgehead atoms. The molecule has 5 nitrogen and oxygen atoms in total. The van der Waals surface area contributed by atoms with E-state index in [1.54, 1.807) is 12.1 Å². The lowest BCUT2D eigenvalue weighted by Gasteiger charge is -2.21. The van der Waals surface area contributed by atoms with E-state index in [0.29, 0.717) is 30.0 Å². The third-order valence-corrected chi connectivity index (χ3v) is 4.46.